The van der Waals surface area contributed by atoms with E-state index in [1.54, 1.807) is 23.1 Å². The molecule has 1 atom stereocenters. The Balaban J connectivity index is 1.44. The summed E-state index contributed by atoms with van der Waals surface area (Å²) in [7, 11) is 0. The zero-order chi connectivity index (χ0) is 20.4. The minimum atomic E-state index is -0.620. The van der Waals surface area contributed by atoms with E-state index in [1.165, 1.54) is 0 Å². The summed E-state index contributed by atoms with van der Waals surface area (Å²) in [5.74, 6) is -1.10. The second-order valence-corrected chi connectivity index (χ2v) is 8.37. The summed E-state index contributed by atoms with van der Waals surface area (Å²) in [6.07, 6.45) is 5.21. The van der Waals surface area contributed by atoms with Crippen LogP contribution in [0.1, 0.15) is 48.0 Å². The lowest BCUT2D eigenvalue weighted by atomic mass is 10.1. The molecule has 3 heterocycles. The molecule has 1 aromatic rings. The van der Waals surface area contributed by atoms with Crippen molar-refractivity contribution in [2.24, 2.45) is 0 Å². The molecular weight excluding hydrogens is 368 g/mol. The van der Waals surface area contributed by atoms with Crippen LogP contribution < -0.4 is 5.32 Å². The number of fused-ring (bicyclic) bond motifs is 1. The molecule has 1 N–H and O–H groups in total. The van der Waals surface area contributed by atoms with Crippen molar-refractivity contribution in [3.05, 3.63) is 29.3 Å². The van der Waals surface area contributed by atoms with E-state index in [-0.39, 0.29) is 5.91 Å². The Bertz CT molecular complexity index is 803. The highest BCUT2D eigenvalue weighted by Crippen LogP contribution is 2.24. The Kier molecular flexibility index (Phi) is 5.85. The minimum absolute atomic E-state index is 0.00346. The fourth-order valence-electron chi connectivity index (χ4n) is 4.80. The van der Waals surface area contributed by atoms with Gasteiger partial charge in [-0.3, -0.25) is 19.3 Å². The zero-order valence-electron chi connectivity index (χ0n) is 17.2. The molecule has 29 heavy (non-hydrogen) atoms. The molecule has 1 aromatic carbocycles. The van der Waals surface area contributed by atoms with Gasteiger partial charge < -0.3 is 15.1 Å². The van der Waals surface area contributed by atoms with E-state index in [4.69, 9.17) is 0 Å². The Morgan fingerprint density at radius 3 is 2.45 bits per heavy atom. The molecule has 0 bridgehead atoms. The maximum absolute atomic E-state index is 12.8. The maximum atomic E-state index is 12.8. The molecule has 1 unspecified atom stereocenters. The molecule has 7 heteroatoms. The van der Waals surface area contributed by atoms with Crippen LogP contribution in [0.3, 0.4) is 0 Å². The largest absolute Gasteiger partial charge is 0.339 e. The first kappa shape index (κ1) is 19.9. The number of benzene rings is 1. The number of hydrogen-bond acceptors (Lipinski definition) is 4. The third-order valence-corrected chi connectivity index (χ3v) is 6.49. The zero-order valence-corrected chi connectivity index (χ0v) is 17.2. The van der Waals surface area contributed by atoms with E-state index < -0.39 is 11.8 Å². The van der Waals surface area contributed by atoms with Gasteiger partial charge in [-0.15, -0.1) is 0 Å². The quantitative estimate of drug-likeness (QED) is 0.772. The van der Waals surface area contributed by atoms with Crippen LogP contribution in [-0.2, 0) is 9.59 Å². The number of likely N-dealkylation sites (tertiary alicyclic amines) is 1. The number of amides is 3. The van der Waals surface area contributed by atoms with Gasteiger partial charge in [0.25, 0.3) is 5.91 Å². The topological polar surface area (TPSA) is 73.0 Å². The van der Waals surface area contributed by atoms with Gasteiger partial charge in [-0.25, -0.2) is 0 Å². The van der Waals surface area contributed by atoms with Crippen LogP contribution in [0.25, 0.3) is 0 Å². The normalized spacial score (nSPS) is 22.3. The molecule has 0 aromatic heterocycles. The van der Waals surface area contributed by atoms with Crippen molar-refractivity contribution in [3.8, 4) is 0 Å². The molecule has 0 spiro atoms. The van der Waals surface area contributed by atoms with Crippen molar-refractivity contribution in [1.29, 1.82) is 0 Å². The first-order valence-corrected chi connectivity index (χ1v) is 10.8. The first-order valence-electron chi connectivity index (χ1n) is 10.8. The SMILES string of the molecule is Cc1c(NC(=O)C(=O)N2CCCN3CCCC3C2)cccc1C(=O)N1CCCC1. The minimum Gasteiger partial charge on any atom is -0.339 e. The highest BCUT2D eigenvalue weighted by molar-refractivity contribution is 6.39. The van der Waals surface area contributed by atoms with Crippen LogP contribution >= 0.6 is 0 Å². The predicted molar refractivity (Wildman–Crippen MR) is 111 cm³/mol. The molecule has 4 rings (SSSR count). The van der Waals surface area contributed by atoms with Crippen LogP contribution in [0, 0.1) is 6.92 Å². The molecule has 3 saturated heterocycles. The van der Waals surface area contributed by atoms with Crippen LogP contribution in [0.4, 0.5) is 5.69 Å². The second-order valence-electron chi connectivity index (χ2n) is 8.37. The highest BCUT2D eigenvalue weighted by atomic mass is 16.2. The fourth-order valence-corrected chi connectivity index (χ4v) is 4.80. The standard InChI is InChI=1S/C22H30N4O3/c1-16-18(21(28)25-10-2-3-11-25)8-4-9-19(16)23-20(27)22(29)26-14-6-13-24-12-5-7-17(24)15-26/h4,8-9,17H,2-3,5-7,10-15H2,1H3,(H,23,27). The van der Waals surface area contributed by atoms with E-state index in [1.807, 2.05) is 11.8 Å². The van der Waals surface area contributed by atoms with Crippen molar-refractivity contribution < 1.29 is 14.4 Å². The Hall–Kier alpha value is -2.41. The van der Waals surface area contributed by atoms with Gasteiger partial charge in [0.1, 0.15) is 0 Å². The van der Waals surface area contributed by atoms with Crippen LogP contribution in [0.5, 0.6) is 0 Å². The lowest BCUT2D eigenvalue weighted by Gasteiger charge is -2.25. The number of nitrogens with one attached hydrogen (secondary N) is 1. The monoisotopic (exact) mass is 398 g/mol. The van der Waals surface area contributed by atoms with Gasteiger partial charge in [-0.2, -0.15) is 0 Å². The highest BCUT2D eigenvalue weighted by Gasteiger charge is 2.33. The molecule has 0 saturated carbocycles. The molecule has 3 aliphatic heterocycles. The van der Waals surface area contributed by atoms with Crippen molar-refractivity contribution >= 4 is 23.4 Å². The van der Waals surface area contributed by atoms with E-state index in [9.17, 15) is 14.4 Å². The third-order valence-electron chi connectivity index (χ3n) is 6.49. The van der Waals surface area contributed by atoms with E-state index in [0.29, 0.717) is 35.9 Å². The van der Waals surface area contributed by atoms with Gasteiger partial charge in [0.2, 0.25) is 0 Å². The summed E-state index contributed by atoms with van der Waals surface area (Å²) >= 11 is 0. The third kappa shape index (κ3) is 4.15. The van der Waals surface area contributed by atoms with Gasteiger partial charge in [-0.1, -0.05) is 6.07 Å². The molecule has 3 aliphatic rings. The summed E-state index contributed by atoms with van der Waals surface area (Å²) in [6, 6.07) is 5.68. The first-order chi connectivity index (χ1) is 14.0. The Labute approximate surface area is 172 Å². The van der Waals surface area contributed by atoms with Crippen molar-refractivity contribution in [2.75, 3.05) is 44.6 Å². The number of hydrogen-bond donors (Lipinski definition) is 1. The van der Waals surface area contributed by atoms with Crippen molar-refractivity contribution in [1.82, 2.24) is 14.7 Å². The number of anilines is 1. The summed E-state index contributed by atoms with van der Waals surface area (Å²) in [6.45, 7) is 6.71. The average Bonchev–Trinajstić information content (AvgIpc) is 3.37. The van der Waals surface area contributed by atoms with E-state index in [0.717, 1.165) is 58.3 Å². The summed E-state index contributed by atoms with van der Waals surface area (Å²) in [5.41, 5.74) is 1.84. The lowest BCUT2D eigenvalue weighted by molar-refractivity contribution is -0.143. The van der Waals surface area contributed by atoms with Gasteiger partial charge in [0, 0.05) is 50.0 Å². The van der Waals surface area contributed by atoms with Gasteiger partial charge >= 0.3 is 11.8 Å². The lowest BCUT2D eigenvalue weighted by Crippen LogP contribution is -2.44. The molecular formula is C22H30N4O3. The molecule has 3 amide bonds. The van der Waals surface area contributed by atoms with Gasteiger partial charge in [0.05, 0.1) is 0 Å². The van der Waals surface area contributed by atoms with Gasteiger partial charge in [-0.05, 0) is 63.3 Å². The summed E-state index contributed by atoms with van der Waals surface area (Å²) < 4.78 is 0. The van der Waals surface area contributed by atoms with Crippen molar-refractivity contribution in [2.45, 2.75) is 45.1 Å². The summed E-state index contributed by atoms with van der Waals surface area (Å²) in [5, 5.41) is 2.76. The fraction of sp³-hybridized carbons (Fsp3) is 0.591. The number of rotatable bonds is 2. The molecule has 3 fully saturated rings. The van der Waals surface area contributed by atoms with E-state index >= 15 is 0 Å². The van der Waals surface area contributed by atoms with Gasteiger partial charge in [0.15, 0.2) is 0 Å². The number of nitrogens with zero attached hydrogens (tertiary/aromatic N) is 3. The predicted octanol–water partition coefficient (Wildman–Crippen LogP) is 1.87. The molecule has 7 nitrogen and oxygen atoms in total. The van der Waals surface area contributed by atoms with Crippen LogP contribution in [0.15, 0.2) is 18.2 Å². The second kappa shape index (κ2) is 8.53. The molecule has 156 valence electrons. The number of carbonyl (C=O) groups is 3. The van der Waals surface area contributed by atoms with Crippen LogP contribution in [0.2, 0.25) is 0 Å². The maximum Gasteiger partial charge on any atom is 0.313 e. The smallest absolute Gasteiger partial charge is 0.313 e. The summed E-state index contributed by atoms with van der Waals surface area (Å²) in [4.78, 5) is 44.2. The Morgan fingerprint density at radius 1 is 0.931 bits per heavy atom. The average molecular weight is 399 g/mol. The molecule has 0 aliphatic carbocycles. The van der Waals surface area contributed by atoms with Crippen molar-refractivity contribution in [3.63, 3.8) is 0 Å². The molecule has 0 radical (unpaired) electrons. The number of carbonyl (C=O) groups excluding carboxylic acids is 3. The van der Waals surface area contributed by atoms with Crippen LogP contribution in [-0.4, -0.2) is 77.7 Å². The Morgan fingerprint density at radius 2 is 1.66 bits per heavy atom. The van der Waals surface area contributed by atoms with E-state index in [2.05, 4.69) is 10.2 Å².